The van der Waals surface area contributed by atoms with Crippen molar-refractivity contribution in [1.82, 2.24) is 0 Å². The first kappa shape index (κ1) is 13.1. The van der Waals surface area contributed by atoms with Crippen LogP contribution in [-0.4, -0.2) is 11.5 Å². The van der Waals surface area contributed by atoms with E-state index < -0.39 is 10.7 Å². The molecule has 2 heterocycles. The van der Waals surface area contributed by atoms with Crippen LogP contribution in [0.4, 0.5) is 15.8 Å². The molecule has 20 heavy (non-hydrogen) atoms. The van der Waals surface area contributed by atoms with Gasteiger partial charge in [0, 0.05) is 23.2 Å². The molecule has 4 nitrogen and oxygen atoms in total. The Kier molecular flexibility index (Phi) is 3.17. The minimum absolute atomic E-state index is 0.103. The molecule has 1 aliphatic heterocycles. The number of nitro benzene ring substituents is 1. The van der Waals surface area contributed by atoms with Gasteiger partial charge in [-0.25, -0.2) is 4.39 Å². The maximum absolute atomic E-state index is 13.6. The van der Waals surface area contributed by atoms with Crippen molar-refractivity contribution in [1.29, 1.82) is 0 Å². The minimum Gasteiger partial charge on any atom is -0.364 e. The van der Waals surface area contributed by atoms with Gasteiger partial charge in [0.2, 0.25) is 0 Å². The zero-order chi connectivity index (χ0) is 14.3. The first-order valence-corrected chi connectivity index (χ1v) is 7.22. The number of benzene rings is 1. The molecule has 0 radical (unpaired) electrons. The lowest BCUT2D eigenvalue weighted by Crippen LogP contribution is -2.33. The molecule has 104 valence electrons. The second-order valence-corrected chi connectivity index (χ2v) is 5.84. The Morgan fingerprint density at radius 1 is 1.45 bits per heavy atom. The van der Waals surface area contributed by atoms with E-state index in [1.54, 1.807) is 11.3 Å². The summed E-state index contributed by atoms with van der Waals surface area (Å²) in [5, 5.41) is 12.9. The van der Waals surface area contributed by atoms with E-state index >= 15 is 0 Å². The summed E-state index contributed by atoms with van der Waals surface area (Å²) in [5.74, 6) is -0.572. The molecule has 1 aliphatic rings. The Labute approximate surface area is 119 Å². The van der Waals surface area contributed by atoms with Crippen molar-refractivity contribution in [3.8, 4) is 0 Å². The highest BCUT2D eigenvalue weighted by Crippen LogP contribution is 2.37. The zero-order valence-corrected chi connectivity index (χ0v) is 11.7. The smallest absolute Gasteiger partial charge is 0.274 e. The van der Waals surface area contributed by atoms with Gasteiger partial charge in [-0.05, 0) is 36.4 Å². The van der Waals surface area contributed by atoms with Gasteiger partial charge in [-0.3, -0.25) is 10.1 Å². The monoisotopic (exact) mass is 292 g/mol. The van der Waals surface area contributed by atoms with Gasteiger partial charge in [0.05, 0.1) is 17.0 Å². The molecular formula is C14H13FN2O2S. The van der Waals surface area contributed by atoms with E-state index in [-0.39, 0.29) is 11.7 Å². The minimum atomic E-state index is -0.572. The van der Waals surface area contributed by atoms with E-state index in [1.165, 1.54) is 22.6 Å². The fraction of sp³-hybridized carbons (Fsp3) is 0.286. The molecule has 0 saturated carbocycles. The van der Waals surface area contributed by atoms with Crippen LogP contribution in [0.3, 0.4) is 0 Å². The molecule has 0 fully saturated rings. The summed E-state index contributed by atoms with van der Waals surface area (Å²) in [6.45, 7) is 2.79. The number of nitrogens with zero attached hydrogens (tertiary/aromatic N) is 2. The van der Waals surface area contributed by atoms with E-state index in [9.17, 15) is 14.5 Å². The van der Waals surface area contributed by atoms with Gasteiger partial charge in [0.15, 0.2) is 0 Å². The van der Waals surface area contributed by atoms with Crippen LogP contribution in [0.1, 0.15) is 23.4 Å². The molecule has 2 aromatic rings. The number of thiophene rings is 1. The van der Waals surface area contributed by atoms with Crippen LogP contribution < -0.4 is 4.90 Å². The number of halogens is 1. The number of nitro groups is 1. The highest BCUT2D eigenvalue weighted by atomic mass is 32.1. The quantitative estimate of drug-likeness (QED) is 0.622. The predicted octanol–water partition coefficient (Wildman–Crippen LogP) is 3.92. The number of hydrogen-bond donors (Lipinski definition) is 0. The van der Waals surface area contributed by atoms with Crippen molar-refractivity contribution in [2.45, 2.75) is 19.4 Å². The molecule has 1 atom stereocenters. The second kappa shape index (κ2) is 4.86. The summed E-state index contributed by atoms with van der Waals surface area (Å²) in [5.41, 5.74) is 1.59. The SMILES string of the molecule is CC1c2ccsc2CCN1c1cc(F)cc([N+](=O)[O-])c1. The molecule has 0 aliphatic carbocycles. The first-order chi connectivity index (χ1) is 9.56. The van der Waals surface area contributed by atoms with Crippen molar-refractivity contribution in [2.75, 3.05) is 11.4 Å². The highest BCUT2D eigenvalue weighted by Gasteiger charge is 2.26. The molecule has 3 rings (SSSR count). The summed E-state index contributed by atoms with van der Waals surface area (Å²) in [7, 11) is 0. The number of hydrogen-bond acceptors (Lipinski definition) is 4. The summed E-state index contributed by atoms with van der Waals surface area (Å²) in [6, 6.07) is 5.93. The van der Waals surface area contributed by atoms with Crippen molar-refractivity contribution in [2.24, 2.45) is 0 Å². The Hall–Kier alpha value is -1.95. The summed E-state index contributed by atoms with van der Waals surface area (Å²) >= 11 is 1.73. The van der Waals surface area contributed by atoms with Gasteiger partial charge in [-0.2, -0.15) is 0 Å². The Balaban J connectivity index is 2.00. The summed E-state index contributed by atoms with van der Waals surface area (Å²) in [6.07, 6.45) is 0.891. The van der Waals surface area contributed by atoms with E-state index in [0.29, 0.717) is 5.69 Å². The highest BCUT2D eigenvalue weighted by molar-refractivity contribution is 7.10. The van der Waals surface area contributed by atoms with Crippen LogP contribution in [0.25, 0.3) is 0 Å². The third kappa shape index (κ3) is 2.16. The maximum atomic E-state index is 13.6. The molecule has 1 unspecified atom stereocenters. The third-order valence-corrected chi connectivity index (χ3v) is 4.68. The lowest BCUT2D eigenvalue weighted by atomic mass is 10.0. The number of rotatable bonds is 2. The first-order valence-electron chi connectivity index (χ1n) is 6.34. The van der Waals surface area contributed by atoms with Crippen LogP contribution in [0.5, 0.6) is 0 Å². The zero-order valence-electron chi connectivity index (χ0n) is 10.9. The van der Waals surface area contributed by atoms with Gasteiger partial charge in [-0.1, -0.05) is 0 Å². The van der Waals surface area contributed by atoms with Gasteiger partial charge in [0.25, 0.3) is 5.69 Å². The Bertz CT molecular complexity index is 671. The average Bonchev–Trinajstić information content (AvgIpc) is 2.87. The second-order valence-electron chi connectivity index (χ2n) is 4.84. The van der Waals surface area contributed by atoms with Crippen molar-refractivity contribution in [3.05, 3.63) is 56.0 Å². The third-order valence-electron chi connectivity index (χ3n) is 3.69. The topological polar surface area (TPSA) is 46.4 Å². The van der Waals surface area contributed by atoms with E-state index in [2.05, 4.69) is 11.4 Å². The van der Waals surface area contributed by atoms with Crippen molar-refractivity contribution in [3.63, 3.8) is 0 Å². The molecule has 0 saturated heterocycles. The molecule has 0 bridgehead atoms. The number of non-ortho nitro benzene ring substituents is 1. The standard InChI is InChI=1S/C14H13FN2O2S/c1-9-13-3-5-20-14(13)2-4-16(9)11-6-10(15)7-12(8-11)17(18)19/h3,5-9H,2,4H2,1H3. The molecule has 1 aromatic heterocycles. The normalized spacial score (nSPS) is 17.9. The van der Waals surface area contributed by atoms with Crippen molar-refractivity contribution >= 4 is 22.7 Å². The summed E-state index contributed by atoms with van der Waals surface area (Å²) in [4.78, 5) is 13.7. The number of anilines is 1. The maximum Gasteiger partial charge on any atom is 0.274 e. The van der Waals surface area contributed by atoms with Gasteiger partial charge >= 0.3 is 0 Å². The Morgan fingerprint density at radius 2 is 2.25 bits per heavy atom. The fourth-order valence-electron chi connectivity index (χ4n) is 2.69. The van der Waals surface area contributed by atoms with Crippen LogP contribution in [-0.2, 0) is 6.42 Å². The molecule has 0 N–H and O–H groups in total. The van der Waals surface area contributed by atoms with Gasteiger partial charge < -0.3 is 4.90 Å². The summed E-state index contributed by atoms with van der Waals surface area (Å²) < 4.78 is 13.6. The van der Waals surface area contributed by atoms with Gasteiger partial charge in [-0.15, -0.1) is 11.3 Å². The molecule has 1 aromatic carbocycles. The van der Waals surface area contributed by atoms with Crippen LogP contribution in [0, 0.1) is 15.9 Å². The molecule has 6 heteroatoms. The lowest BCUT2D eigenvalue weighted by molar-refractivity contribution is -0.385. The van der Waals surface area contributed by atoms with Crippen LogP contribution >= 0.6 is 11.3 Å². The van der Waals surface area contributed by atoms with E-state index in [4.69, 9.17) is 0 Å². The Morgan fingerprint density at radius 3 is 3.00 bits per heavy atom. The predicted molar refractivity (Wildman–Crippen MR) is 76.8 cm³/mol. The van der Waals surface area contributed by atoms with Crippen LogP contribution in [0.15, 0.2) is 29.6 Å². The van der Waals surface area contributed by atoms with Crippen LogP contribution in [0.2, 0.25) is 0 Å². The molecule has 0 amide bonds. The molecular weight excluding hydrogens is 279 g/mol. The largest absolute Gasteiger partial charge is 0.364 e. The lowest BCUT2D eigenvalue weighted by Gasteiger charge is -2.35. The molecule has 0 spiro atoms. The van der Waals surface area contributed by atoms with Gasteiger partial charge in [0.1, 0.15) is 5.82 Å². The van der Waals surface area contributed by atoms with E-state index in [1.807, 2.05) is 11.8 Å². The van der Waals surface area contributed by atoms with Crippen molar-refractivity contribution < 1.29 is 9.31 Å². The van der Waals surface area contributed by atoms with E-state index in [0.717, 1.165) is 19.0 Å². The number of fused-ring (bicyclic) bond motifs is 1. The fourth-order valence-corrected chi connectivity index (χ4v) is 3.66. The average molecular weight is 292 g/mol.